The molecule has 1 aromatic carbocycles. The molecule has 19 heavy (non-hydrogen) atoms. The first kappa shape index (κ1) is 15.9. The Kier molecular flexibility index (Phi) is 7.36. The lowest BCUT2D eigenvalue weighted by Gasteiger charge is -2.09. The molecular formula is C14H23N3OS. The molecule has 0 bridgehead atoms. The molecule has 0 fully saturated rings. The van der Waals surface area contributed by atoms with E-state index in [1.54, 1.807) is 6.07 Å². The fourth-order valence-corrected chi connectivity index (χ4v) is 2.55. The molecule has 4 nitrogen and oxygen atoms in total. The minimum atomic E-state index is 0.0334. The minimum Gasteiger partial charge on any atom is -0.397 e. The second kappa shape index (κ2) is 8.82. The highest BCUT2D eigenvalue weighted by Gasteiger charge is 2.04. The van der Waals surface area contributed by atoms with E-state index in [1.807, 2.05) is 30.0 Å². The van der Waals surface area contributed by atoms with E-state index in [9.17, 15) is 4.79 Å². The van der Waals surface area contributed by atoms with Gasteiger partial charge in [0.15, 0.2) is 0 Å². The molecule has 1 amide bonds. The van der Waals surface area contributed by atoms with E-state index in [4.69, 9.17) is 5.73 Å². The van der Waals surface area contributed by atoms with Gasteiger partial charge in [0, 0.05) is 18.7 Å². The van der Waals surface area contributed by atoms with Crippen LogP contribution in [0.1, 0.15) is 12.8 Å². The quantitative estimate of drug-likeness (QED) is 0.567. The van der Waals surface area contributed by atoms with Crippen LogP contribution in [0.2, 0.25) is 0 Å². The molecule has 0 unspecified atom stereocenters. The normalized spacial score (nSPS) is 10.7. The number of nitrogens with zero attached hydrogens (tertiary/aromatic N) is 1. The molecule has 106 valence electrons. The number of amides is 1. The lowest BCUT2D eigenvalue weighted by Crippen LogP contribution is -2.15. The fourth-order valence-electron chi connectivity index (χ4n) is 1.51. The van der Waals surface area contributed by atoms with Crippen LogP contribution in [-0.4, -0.2) is 43.0 Å². The SMILES string of the molecule is CN(C)CCSCCCC(=O)Nc1ccccc1N. The van der Waals surface area contributed by atoms with Crippen molar-refractivity contribution in [1.82, 2.24) is 4.90 Å². The van der Waals surface area contributed by atoms with Gasteiger partial charge in [0.25, 0.3) is 0 Å². The summed E-state index contributed by atoms with van der Waals surface area (Å²) in [6, 6.07) is 7.32. The predicted octanol–water partition coefficient (Wildman–Crippen LogP) is 2.28. The monoisotopic (exact) mass is 281 g/mol. The Morgan fingerprint density at radius 1 is 1.32 bits per heavy atom. The summed E-state index contributed by atoms with van der Waals surface area (Å²) in [7, 11) is 4.14. The van der Waals surface area contributed by atoms with Crippen molar-refractivity contribution >= 4 is 29.0 Å². The third-order valence-corrected chi connectivity index (χ3v) is 3.66. The predicted molar refractivity (Wildman–Crippen MR) is 84.6 cm³/mol. The number of nitrogen functional groups attached to an aromatic ring is 1. The zero-order valence-electron chi connectivity index (χ0n) is 11.7. The fraction of sp³-hybridized carbons (Fsp3) is 0.500. The molecule has 0 saturated carbocycles. The molecular weight excluding hydrogens is 258 g/mol. The molecule has 0 aliphatic carbocycles. The van der Waals surface area contributed by atoms with Crippen LogP contribution < -0.4 is 11.1 Å². The zero-order valence-corrected chi connectivity index (χ0v) is 12.5. The van der Waals surface area contributed by atoms with Gasteiger partial charge in [-0.05, 0) is 38.4 Å². The Bertz CT molecular complexity index is 396. The highest BCUT2D eigenvalue weighted by atomic mass is 32.2. The third kappa shape index (κ3) is 7.08. The van der Waals surface area contributed by atoms with Gasteiger partial charge in [-0.15, -0.1) is 0 Å². The summed E-state index contributed by atoms with van der Waals surface area (Å²) in [6.07, 6.45) is 1.44. The van der Waals surface area contributed by atoms with Crippen LogP contribution in [0.4, 0.5) is 11.4 Å². The molecule has 0 aliphatic rings. The van der Waals surface area contributed by atoms with Crippen LogP contribution in [0.3, 0.4) is 0 Å². The summed E-state index contributed by atoms with van der Waals surface area (Å²) >= 11 is 1.89. The highest BCUT2D eigenvalue weighted by Crippen LogP contribution is 2.17. The second-order valence-corrected chi connectivity index (χ2v) is 5.88. The number of thioether (sulfide) groups is 1. The maximum Gasteiger partial charge on any atom is 0.224 e. The van der Waals surface area contributed by atoms with Crippen LogP contribution in [0, 0.1) is 0 Å². The second-order valence-electron chi connectivity index (χ2n) is 4.65. The number of rotatable bonds is 8. The van der Waals surface area contributed by atoms with E-state index >= 15 is 0 Å². The zero-order chi connectivity index (χ0) is 14.1. The van der Waals surface area contributed by atoms with Crippen molar-refractivity contribution in [1.29, 1.82) is 0 Å². The van der Waals surface area contributed by atoms with Crippen LogP contribution >= 0.6 is 11.8 Å². The van der Waals surface area contributed by atoms with Gasteiger partial charge in [0.1, 0.15) is 0 Å². The first-order chi connectivity index (χ1) is 9.09. The summed E-state index contributed by atoms with van der Waals surface area (Å²) in [5.74, 6) is 2.16. The van der Waals surface area contributed by atoms with Gasteiger partial charge in [-0.1, -0.05) is 12.1 Å². The molecule has 0 atom stereocenters. The molecule has 1 aromatic rings. The van der Waals surface area contributed by atoms with Crippen molar-refractivity contribution in [2.75, 3.05) is 43.2 Å². The number of hydrogen-bond donors (Lipinski definition) is 2. The summed E-state index contributed by atoms with van der Waals surface area (Å²) < 4.78 is 0. The lowest BCUT2D eigenvalue weighted by atomic mass is 10.2. The van der Waals surface area contributed by atoms with Crippen molar-refractivity contribution < 1.29 is 4.79 Å². The largest absolute Gasteiger partial charge is 0.397 e. The van der Waals surface area contributed by atoms with Crippen LogP contribution in [0.25, 0.3) is 0 Å². The molecule has 0 radical (unpaired) electrons. The number of para-hydroxylation sites is 2. The van der Waals surface area contributed by atoms with Gasteiger partial charge in [-0.25, -0.2) is 0 Å². The lowest BCUT2D eigenvalue weighted by molar-refractivity contribution is -0.116. The number of nitrogens with two attached hydrogens (primary N) is 1. The Morgan fingerprint density at radius 2 is 2.05 bits per heavy atom. The van der Waals surface area contributed by atoms with Crippen LogP contribution in [-0.2, 0) is 4.79 Å². The van der Waals surface area contributed by atoms with Gasteiger partial charge in [-0.2, -0.15) is 11.8 Å². The van der Waals surface area contributed by atoms with E-state index in [2.05, 4.69) is 24.3 Å². The van der Waals surface area contributed by atoms with Crippen LogP contribution in [0.15, 0.2) is 24.3 Å². The number of anilines is 2. The molecule has 0 aliphatic heterocycles. The van der Waals surface area contributed by atoms with Gasteiger partial charge in [-0.3, -0.25) is 4.79 Å². The standard InChI is InChI=1S/C14H23N3OS/c1-17(2)9-11-19-10-5-8-14(18)16-13-7-4-3-6-12(13)15/h3-4,6-7H,5,8-11,15H2,1-2H3,(H,16,18). The summed E-state index contributed by atoms with van der Waals surface area (Å²) in [6.45, 7) is 1.08. The van der Waals surface area contributed by atoms with E-state index in [0.717, 1.165) is 24.5 Å². The minimum absolute atomic E-state index is 0.0334. The van der Waals surface area contributed by atoms with Gasteiger partial charge < -0.3 is 16.0 Å². The third-order valence-electron chi connectivity index (χ3n) is 2.61. The average Bonchev–Trinajstić information content (AvgIpc) is 2.36. The van der Waals surface area contributed by atoms with Gasteiger partial charge in [0.2, 0.25) is 5.91 Å². The molecule has 5 heteroatoms. The number of benzene rings is 1. The molecule has 0 aromatic heterocycles. The Hall–Kier alpha value is -1.20. The molecule has 3 N–H and O–H groups in total. The van der Waals surface area contributed by atoms with Crippen molar-refractivity contribution in [3.63, 3.8) is 0 Å². The smallest absolute Gasteiger partial charge is 0.224 e. The first-order valence-corrected chi connectivity index (χ1v) is 7.62. The Morgan fingerprint density at radius 3 is 2.74 bits per heavy atom. The van der Waals surface area contributed by atoms with E-state index in [0.29, 0.717) is 17.8 Å². The van der Waals surface area contributed by atoms with Gasteiger partial charge in [0.05, 0.1) is 11.4 Å². The van der Waals surface area contributed by atoms with Crippen LogP contribution in [0.5, 0.6) is 0 Å². The maximum atomic E-state index is 11.7. The average molecular weight is 281 g/mol. The number of hydrogen-bond acceptors (Lipinski definition) is 4. The van der Waals surface area contributed by atoms with Crippen molar-refractivity contribution in [3.8, 4) is 0 Å². The Balaban J connectivity index is 2.13. The summed E-state index contributed by atoms with van der Waals surface area (Å²) in [5, 5.41) is 2.84. The Labute approximate surface area is 119 Å². The number of nitrogens with one attached hydrogen (secondary N) is 1. The number of carbonyl (C=O) groups is 1. The first-order valence-electron chi connectivity index (χ1n) is 6.46. The van der Waals surface area contributed by atoms with Crippen molar-refractivity contribution in [2.24, 2.45) is 0 Å². The maximum absolute atomic E-state index is 11.7. The molecule has 0 heterocycles. The number of carbonyl (C=O) groups excluding carboxylic acids is 1. The molecule has 1 rings (SSSR count). The summed E-state index contributed by atoms with van der Waals surface area (Å²) in [5.41, 5.74) is 7.08. The van der Waals surface area contributed by atoms with E-state index in [-0.39, 0.29) is 5.91 Å². The van der Waals surface area contributed by atoms with E-state index in [1.165, 1.54) is 0 Å². The van der Waals surface area contributed by atoms with Crippen molar-refractivity contribution in [2.45, 2.75) is 12.8 Å². The van der Waals surface area contributed by atoms with Crippen molar-refractivity contribution in [3.05, 3.63) is 24.3 Å². The summed E-state index contributed by atoms with van der Waals surface area (Å²) in [4.78, 5) is 13.9. The van der Waals surface area contributed by atoms with E-state index < -0.39 is 0 Å². The highest BCUT2D eigenvalue weighted by molar-refractivity contribution is 7.99. The molecule has 0 spiro atoms. The van der Waals surface area contributed by atoms with Gasteiger partial charge >= 0.3 is 0 Å². The topological polar surface area (TPSA) is 58.4 Å². The molecule has 0 saturated heterocycles.